The summed E-state index contributed by atoms with van der Waals surface area (Å²) in [6, 6.07) is 2.22. The van der Waals surface area contributed by atoms with Crippen LogP contribution in [0.3, 0.4) is 0 Å². The highest BCUT2D eigenvalue weighted by Gasteiger charge is 2.27. The third-order valence-corrected chi connectivity index (χ3v) is 4.44. The van der Waals surface area contributed by atoms with Crippen LogP contribution in [0.25, 0.3) is 0 Å². The van der Waals surface area contributed by atoms with E-state index in [-0.39, 0.29) is 10.6 Å². The quantitative estimate of drug-likeness (QED) is 0.698. The number of pyridine rings is 1. The molecule has 1 atom stereocenters. The van der Waals surface area contributed by atoms with Crippen LogP contribution in [0.2, 0.25) is 0 Å². The zero-order valence-electron chi connectivity index (χ0n) is 12.5. The Bertz CT molecular complexity index is 591. The molecule has 0 spiro atoms. The summed E-state index contributed by atoms with van der Waals surface area (Å²) in [5, 5.41) is 12.5. The van der Waals surface area contributed by atoms with Crippen LogP contribution in [0, 0.1) is 0 Å². The van der Waals surface area contributed by atoms with Gasteiger partial charge in [-0.25, -0.2) is 18.1 Å². The van der Waals surface area contributed by atoms with E-state index < -0.39 is 27.6 Å². The van der Waals surface area contributed by atoms with Gasteiger partial charge in [0.25, 0.3) is 15.9 Å². The number of aliphatic hydroxyl groups is 1. The second-order valence-corrected chi connectivity index (χ2v) is 7.01. The fourth-order valence-electron chi connectivity index (χ4n) is 1.80. The largest absolute Gasteiger partial charge is 0.388 e. The first-order valence-corrected chi connectivity index (χ1v) is 8.03. The highest BCUT2D eigenvalue weighted by atomic mass is 32.2. The molecule has 0 aromatic carbocycles. The van der Waals surface area contributed by atoms with Gasteiger partial charge in [-0.05, 0) is 39.4 Å². The topological polar surface area (TPSA) is 108 Å². The maximum absolute atomic E-state index is 12.1. The van der Waals surface area contributed by atoms with E-state index in [0.29, 0.717) is 6.42 Å². The van der Waals surface area contributed by atoms with Gasteiger partial charge in [0, 0.05) is 6.20 Å². The van der Waals surface area contributed by atoms with E-state index in [4.69, 9.17) is 0 Å². The number of hydrogen-bond acceptors (Lipinski definition) is 5. The molecule has 21 heavy (non-hydrogen) atoms. The Balaban J connectivity index is 2.90. The molecule has 1 rings (SSSR count). The van der Waals surface area contributed by atoms with Gasteiger partial charge in [-0.3, -0.25) is 4.79 Å². The van der Waals surface area contributed by atoms with Crippen LogP contribution < -0.4 is 10.0 Å². The number of carbonyl (C=O) groups excluding carboxylic acids is 1. The van der Waals surface area contributed by atoms with Gasteiger partial charge >= 0.3 is 0 Å². The molecule has 3 N–H and O–H groups in total. The summed E-state index contributed by atoms with van der Waals surface area (Å²) < 4.78 is 25.2. The zero-order chi connectivity index (χ0) is 16.3. The number of nitrogens with one attached hydrogen (secondary N) is 2. The minimum Gasteiger partial charge on any atom is -0.388 e. The van der Waals surface area contributed by atoms with Crippen molar-refractivity contribution in [3.63, 3.8) is 0 Å². The molecular weight excluding hydrogens is 294 g/mol. The van der Waals surface area contributed by atoms with Gasteiger partial charge in [0.1, 0.15) is 0 Å². The van der Waals surface area contributed by atoms with Crippen molar-refractivity contribution in [3.8, 4) is 0 Å². The second kappa shape index (κ2) is 6.50. The molecule has 118 valence electrons. The lowest BCUT2D eigenvalue weighted by Gasteiger charge is -2.29. The van der Waals surface area contributed by atoms with Crippen molar-refractivity contribution in [2.75, 3.05) is 7.05 Å². The lowest BCUT2D eigenvalue weighted by atomic mass is 9.96. The summed E-state index contributed by atoms with van der Waals surface area (Å²) in [6.45, 7) is 5.08. The second-order valence-electron chi connectivity index (χ2n) is 5.18. The average Bonchev–Trinajstić information content (AvgIpc) is 2.43. The predicted molar refractivity (Wildman–Crippen MR) is 78.3 cm³/mol. The van der Waals surface area contributed by atoms with E-state index in [9.17, 15) is 18.3 Å². The number of rotatable bonds is 6. The maximum atomic E-state index is 12.1. The van der Waals surface area contributed by atoms with E-state index in [1.807, 2.05) is 6.92 Å². The summed E-state index contributed by atoms with van der Waals surface area (Å²) in [4.78, 5) is 15.8. The minimum atomic E-state index is -3.62. The number of nitrogens with zero attached hydrogens (tertiary/aromatic N) is 1. The Morgan fingerprint density at radius 3 is 2.43 bits per heavy atom. The summed E-state index contributed by atoms with van der Waals surface area (Å²) in [7, 11) is -2.34. The normalized spacial score (nSPS) is 13.8. The van der Waals surface area contributed by atoms with Gasteiger partial charge in [0.15, 0.2) is 5.03 Å². The Hall–Kier alpha value is -1.51. The first kappa shape index (κ1) is 17.5. The molecule has 0 radical (unpaired) electrons. The molecule has 1 heterocycles. The summed E-state index contributed by atoms with van der Waals surface area (Å²) in [6.07, 6.45) is 1.76. The fourth-order valence-corrected chi connectivity index (χ4v) is 2.45. The molecule has 0 bridgehead atoms. The monoisotopic (exact) mass is 315 g/mol. The van der Waals surface area contributed by atoms with E-state index >= 15 is 0 Å². The summed E-state index contributed by atoms with van der Waals surface area (Å²) >= 11 is 0. The van der Waals surface area contributed by atoms with Crippen LogP contribution in [-0.4, -0.2) is 43.1 Å². The predicted octanol–water partition coefficient (Wildman–Crippen LogP) is 0.269. The van der Waals surface area contributed by atoms with Crippen molar-refractivity contribution in [2.45, 2.75) is 43.9 Å². The molecule has 1 aromatic rings. The smallest absolute Gasteiger partial charge is 0.257 e. The lowest BCUT2D eigenvalue weighted by Crippen LogP contribution is -2.48. The average molecular weight is 315 g/mol. The molecule has 0 aliphatic carbocycles. The summed E-state index contributed by atoms with van der Waals surface area (Å²) in [5.41, 5.74) is -0.819. The molecule has 0 aliphatic heterocycles. The fraction of sp³-hybridized carbons (Fsp3) is 0.538. The molecular formula is C13H21N3O4S. The molecule has 0 saturated heterocycles. The van der Waals surface area contributed by atoms with Crippen molar-refractivity contribution in [1.29, 1.82) is 0 Å². The van der Waals surface area contributed by atoms with Gasteiger partial charge < -0.3 is 10.4 Å². The first-order chi connectivity index (χ1) is 9.61. The highest BCUT2D eigenvalue weighted by Crippen LogP contribution is 2.13. The highest BCUT2D eigenvalue weighted by molar-refractivity contribution is 7.89. The zero-order valence-corrected chi connectivity index (χ0v) is 13.4. The van der Waals surface area contributed by atoms with Crippen LogP contribution in [-0.2, 0) is 10.0 Å². The maximum Gasteiger partial charge on any atom is 0.257 e. The third-order valence-electron chi connectivity index (χ3n) is 3.11. The van der Waals surface area contributed by atoms with Crippen molar-refractivity contribution in [3.05, 3.63) is 23.9 Å². The standard InChI is InChI=1S/C13H21N3O4S/c1-5-10(13(2,3)18)16-12(17)9-6-7-11(15-8-9)21(19,20)14-4/h6-8,10,14,18H,5H2,1-4H3,(H,16,17)/t10-/m0/s1. The third kappa shape index (κ3) is 4.48. The van der Waals surface area contributed by atoms with E-state index in [2.05, 4.69) is 15.0 Å². The van der Waals surface area contributed by atoms with Crippen LogP contribution in [0.1, 0.15) is 37.6 Å². The Morgan fingerprint density at radius 1 is 1.43 bits per heavy atom. The minimum absolute atomic E-state index is 0.156. The number of aromatic nitrogens is 1. The molecule has 0 unspecified atom stereocenters. The van der Waals surface area contributed by atoms with Gasteiger partial charge in [0.2, 0.25) is 0 Å². The van der Waals surface area contributed by atoms with Gasteiger partial charge in [0.05, 0.1) is 17.2 Å². The van der Waals surface area contributed by atoms with Crippen molar-refractivity contribution >= 4 is 15.9 Å². The molecule has 0 fully saturated rings. The lowest BCUT2D eigenvalue weighted by molar-refractivity contribution is 0.0337. The first-order valence-electron chi connectivity index (χ1n) is 6.54. The molecule has 8 heteroatoms. The van der Waals surface area contributed by atoms with E-state index in [1.165, 1.54) is 25.4 Å². The van der Waals surface area contributed by atoms with E-state index in [0.717, 1.165) is 0 Å². The van der Waals surface area contributed by atoms with E-state index in [1.54, 1.807) is 13.8 Å². The van der Waals surface area contributed by atoms with Crippen LogP contribution >= 0.6 is 0 Å². The van der Waals surface area contributed by atoms with Gasteiger partial charge in [-0.2, -0.15) is 0 Å². The van der Waals surface area contributed by atoms with Gasteiger partial charge in [-0.15, -0.1) is 0 Å². The number of carbonyl (C=O) groups is 1. The van der Waals surface area contributed by atoms with Gasteiger partial charge in [-0.1, -0.05) is 6.92 Å². The number of amides is 1. The van der Waals surface area contributed by atoms with Crippen molar-refractivity contribution in [2.24, 2.45) is 0 Å². The van der Waals surface area contributed by atoms with Crippen LogP contribution in [0.5, 0.6) is 0 Å². The molecule has 0 saturated carbocycles. The molecule has 7 nitrogen and oxygen atoms in total. The SMILES string of the molecule is CC[C@H](NC(=O)c1ccc(S(=O)(=O)NC)nc1)C(C)(C)O. The molecule has 1 amide bonds. The van der Waals surface area contributed by atoms with Crippen molar-refractivity contribution in [1.82, 2.24) is 15.0 Å². The Kier molecular flexibility index (Phi) is 5.43. The van der Waals surface area contributed by atoms with Crippen LogP contribution in [0.4, 0.5) is 0 Å². The Labute approximate surface area is 124 Å². The number of hydrogen-bond donors (Lipinski definition) is 3. The molecule has 0 aliphatic rings. The Morgan fingerprint density at radius 2 is 2.05 bits per heavy atom. The summed E-state index contributed by atoms with van der Waals surface area (Å²) in [5.74, 6) is -0.412. The molecule has 1 aromatic heterocycles. The number of sulfonamides is 1. The van der Waals surface area contributed by atoms with Crippen molar-refractivity contribution < 1.29 is 18.3 Å². The van der Waals surface area contributed by atoms with Crippen LogP contribution in [0.15, 0.2) is 23.4 Å².